The quantitative estimate of drug-likeness (QED) is 0.200. The van der Waals surface area contributed by atoms with Gasteiger partial charge >= 0.3 is 0 Å². The maximum atomic E-state index is 13.8. The zero-order chi connectivity index (χ0) is 35.3. The van der Waals surface area contributed by atoms with E-state index >= 15 is 0 Å². The number of amides is 2. The fourth-order valence-corrected chi connectivity index (χ4v) is 6.83. The van der Waals surface area contributed by atoms with Crippen molar-refractivity contribution in [2.24, 2.45) is 0 Å². The van der Waals surface area contributed by atoms with Crippen LogP contribution in [-0.2, 0) is 28.9 Å². The van der Waals surface area contributed by atoms with Gasteiger partial charge in [-0.25, -0.2) is 18.0 Å². The first-order valence-electron chi connectivity index (χ1n) is 15.7. The third-order valence-electron chi connectivity index (χ3n) is 9.37. The van der Waals surface area contributed by atoms with Crippen LogP contribution in [0.5, 0.6) is 0 Å². The lowest BCUT2D eigenvalue weighted by molar-refractivity contribution is -0.108. The second-order valence-electron chi connectivity index (χ2n) is 12.2. The Bertz CT molecular complexity index is 1780. The summed E-state index contributed by atoms with van der Waals surface area (Å²) in [6.45, 7) is 18.4. The first-order chi connectivity index (χ1) is 22.9. The fraction of sp³-hybridized carbons (Fsp3) is 0.351. The zero-order valence-corrected chi connectivity index (χ0v) is 29.0. The lowest BCUT2D eigenvalue weighted by Crippen LogP contribution is -2.36. The average molecular weight is 724 g/mol. The Morgan fingerprint density at radius 1 is 0.812 bits per heavy atom. The number of hydrogen-bond donors (Lipinski definition) is 0. The van der Waals surface area contributed by atoms with E-state index in [-0.39, 0.29) is 29.2 Å². The predicted octanol–water partition coefficient (Wildman–Crippen LogP) is 8.79. The molecule has 0 fully saturated rings. The molecule has 48 heavy (non-hydrogen) atoms. The largest absolute Gasteiger partial charge is 0.346 e. The zero-order valence-electron chi connectivity index (χ0n) is 27.4. The van der Waals surface area contributed by atoms with Crippen LogP contribution in [0.3, 0.4) is 0 Å². The Labute approximate surface area is 288 Å². The average Bonchev–Trinajstić information content (AvgIpc) is 3.07. The molecule has 6 rings (SSSR count). The van der Waals surface area contributed by atoms with Crippen LogP contribution >= 0.6 is 15.9 Å². The van der Waals surface area contributed by atoms with Crippen molar-refractivity contribution in [1.82, 2.24) is 0 Å². The van der Waals surface area contributed by atoms with Crippen molar-refractivity contribution >= 4 is 57.8 Å². The number of carbonyl (C=O) groups is 3. The molecule has 0 aromatic heterocycles. The first kappa shape index (κ1) is 36.4. The van der Waals surface area contributed by atoms with Gasteiger partial charge in [-0.1, -0.05) is 6.58 Å². The van der Waals surface area contributed by atoms with Crippen LogP contribution in [0.4, 0.5) is 35.9 Å². The summed E-state index contributed by atoms with van der Waals surface area (Å²) in [5.41, 5.74) is 5.62. The molecule has 3 unspecified atom stereocenters. The third-order valence-corrected chi connectivity index (χ3v) is 9.97. The van der Waals surface area contributed by atoms with Crippen LogP contribution in [-0.4, -0.2) is 37.2 Å². The molecule has 0 spiro atoms. The van der Waals surface area contributed by atoms with Gasteiger partial charge in [0.1, 0.15) is 17.5 Å². The Kier molecular flexibility index (Phi) is 11.9. The number of anilines is 3. The summed E-state index contributed by atoms with van der Waals surface area (Å²) >= 11 is 3.13. The number of halogens is 4. The maximum absolute atomic E-state index is 13.8. The monoisotopic (exact) mass is 722 g/mol. The minimum absolute atomic E-state index is 0.0119. The highest BCUT2D eigenvalue weighted by Crippen LogP contribution is 2.38. The van der Waals surface area contributed by atoms with Crippen molar-refractivity contribution < 1.29 is 27.6 Å². The van der Waals surface area contributed by atoms with Gasteiger partial charge in [0.2, 0.25) is 18.5 Å². The molecular weight excluding hydrogens is 685 g/mol. The van der Waals surface area contributed by atoms with E-state index in [4.69, 9.17) is 6.57 Å². The van der Waals surface area contributed by atoms with E-state index < -0.39 is 11.6 Å². The molecule has 252 valence electrons. The fourth-order valence-electron chi connectivity index (χ4n) is 6.50. The second-order valence-corrected chi connectivity index (χ2v) is 13.0. The lowest BCUT2D eigenvalue weighted by atomic mass is 9.92. The van der Waals surface area contributed by atoms with Gasteiger partial charge in [0, 0.05) is 35.2 Å². The number of nitrogens with zero attached hydrogens (tertiary/aromatic N) is 4. The minimum atomic E-state index is -0.459. The van der Waals surface area contributed by atoms with Gasteiger partial charge in [-0.05, 0) is 141 Å². The number of rotatable bonds is 4. The molecule has 3 aliphatic rings. The predicted molar refractivity (Wildman–Crippen MR) is 186 cm³/mol. The van der Waals surface area contributed by atoms with E-state index in [2.05, 4.69) is 34.3 Å². The van der Waals surface area contributed by atoms with E-state index in [1.807, 2.05) is 18.7 Å². The smallest absolute Gasteiger partial charge is 0.224 e. The molecule has 0 N–H and O–H groups in total. The lowest BCUT2D eigenvalue weighted by Gasteiger charge is -2.34. The molecule has 0 radical (unpaired) electrons. The Balaban J connectivity index is 0.000000163. The van der Waals surface area contributed by atoms with Gasteiger partial charge in [-0.3, -0.25) is 14.4 Å². The van der Waals surface area contributed by atoms with Crippen LogP contribution in [0.15, 0.2) is 47.6 Å². The summed E-state index contributed by atoms with van der Waals surface area (Å²) in [7, 11) is 0. The molecule has 3 aromatic carbocycles. The van der Waals surface area contributed by atoms with E-state index in [9.17, 15) is 27.6 Å². The van der Waals surface area contributed by atoms with Gasteiger partial charge in [0.05, 0.1) is 16.6 Å². The van der Waals surface area contributed by atoms with Gasteiger partial charge in [-0.2, -0.15) is 0 Å². The Morgan fingerprint density at radius 3 is 1.98 bits per heavy atom. The number of aryl methyl sites for hydroxylation is 1. The molecule has 0 bridgehead atoms. The molecule has 0 saturated carbocycles. The van der Waals surface area contributed by atoms with Crippen molar-refractivity contribution in [3.8, 4) is 0 Å². The number of fused-ring (bicyclic) bond motifs is 3. The summed E-state index contributed by atoms with van der Waals surface area (Å²) < 4.78 is 40.9. The molecule has 2 amide bonds. The summed E-state index contributed by atoms with van der Waals surface area (Å²) in [6, 6.07) is 8.35. The highest BCUT2D eigenvalue weighted by Gasteiger charge is 2.27. The molecule has 3 heterocycles. The van der Waals surface area contributed by atoms with Crippen molar-refractivity contribution in [1.29, 1.82) is 0 Å². The van der Waals surface area contributed by atoms with E-state index in [1.54, 1.807) is 35.1 Å². The van der Waals surface area contributed by atoms with E-state index in [0.717, 1.165) is 79.4 Å². The molecule has 0 aliphatic carbocycles. The number of benzene rings is 3. The maximum Gasteiger partial charge on any atom is 0.224 e. The van der Waals surface area contributed by atoms with Crippen molar-refractivity contribution in [3.63, 3.8) is 0 Å². The molecule has 3 aliphatic heterocycles. The number of aldehydes is 1. The standard InChI is InChI=1S/C13H13FN2O.C13H14FNO.C11H11BrFNO/c1-8-4-5-10-9(2)13(14)11(15-3)6-12(10)16(8)7-17;1-3-15-9(2)4-5-10-11(8-16)12(14)6-7-13(10)15;1-7-2-3-8-4-10(13)9(12)5-11(8)14(7)6-15/h6-8H,4-5H2,1-2H3;3,6-9H,1,4-5H2,2H3;4-7H,2-3H2,1H3. The molecular formula is C37H38BrF3N4O3. The van der Waals surface area contributed by atoms with Crippen LogP contribution in [0.25, 0.3) is 4.85 Å². The van der Waals surface area contributed by atoms with Gasteiger partial charge < -0.3 is 14.7 Å². The van der Waals surface area contributed by atoms with E-state index in [1.165, 1.54) is 18.2 Å². The van der Waals surface area contributed by atoms with Crippen molar-refractivity contribution in [3.05, 3.63) is 104 Å². The van der Waals surface area contributed by atoms with Crippen molar-refractivity contribution in [2.75, 3.05) is 14.7 Å². The minimum Gasteiger partial charge on any atom is -0.346 e. The Morgan fingerprint density at radius 2 is 1.40 bits per heavy atom. The summed E-state index contributed by atoms with van der Waals surface area (Å²) in [4.78, 5) is 41.3. The van der Waals surface area contributed by atoms with Gasteiger partial charge in [-0.15, -0.1) is 0 Å². The molecule has 3 atom stereocenters. The Hall–Kier alpha value is -4.43. The van der Waals surface area contributed by atoms with Crippen LogP contribution in [0.2, 0.25) is 0 Å². The molecule has 3 aromatic rings. The summed E-state index contributed by atoms with van der Waals surface area (Å²) in [5.74, 6) is -1.17. The van der Waals surface area contributed by atoms with Crippen LogP contribution in [0, 0.1) is 30.9 Å². The number of carbonyl (C=O) groups excluding carboxylic acids is 3. The SMILES string of the molecule is C=CN1c2ccc(F)c(C=O)c2CCC1C.CC1CCc2cc(F)c(Br)cc2N1C=O.[C-]#[N+]c1cc2c(c(C)c1F)CCC(C)N2C=O. The summed E-state index contributed by atoms with van der Waals surface area (Å²) in [6.07, 6.45) is 8.83. The first-order valence-corrected chi connectivity index (χ1v) is 16.5. The normalized spacial score (nSPS) is 19.1. The third kappa shape index (κ3) is 7.19. The highest BCUT2D eigenvalue weighted by molar-refractivity contribution is 9.10. The van der Waals surface area contributed by atoms with Gasteiger partial charge in [0.25, 0.3) is 0 Å². The van der Waals surface area contributed by atoms with Crippen LogP contribution in [0.1, 0.15) is 72.6 Å². The second kappa shape index (κ2) is 15.6. The van der Waals surface area contributed by atoms with Crippen molar-refractivity contribution in [2.45, 2.75) is 84.3 Å². The van der Waals surface area contributed by atoms with Gasteiger partial charge in [0.15, 0.2) is 6.29 Å². The number of hydrogen-bond acceptors (Lipinski definition) is 4. The molecule has 7 nitrogen and oxygen atoms in total. The molecule has 11 heteroatoms. The van der Waals surface area contributed by atoms with E-state index in [0.29, 0.717) is 28.1 Å². The van der Waals surface area contributed by atoms with Crippen LogP contribution < -0.4 is 14.7 Å². The molecule has 0 saturated heterocycles. The summed E-state index contributed by atoms with van der Waals surface area (Å²) in [5, 5.41) is 0. The highest BCUT2D eigenvalue weighted by atomic mass is 79.9. The topological polar surface area (TPSA) is 65.3 Å².